The fourth-order valence-electron chi connectivity index (χ4n) is 5.28. The van der Waals surface area contributed by atoms with Gasteiger partial charge in [-0.15, -0.1) is 0 Å². The highest BCUT2D eigenvalue weighted by Gasteiger charge is 2.41. The third-order valence-electron chi connectivity index (χ3n) is 6.81. The number of halogens is 1. The summed E-state index contributed by atoms with van der Waals surface area (Å²) in [5.74, 6) is 0.187. The van der Waals surface area contributed by atoms with Crippen molar-refractivity contribution in [1.29, 1.82) is 0 Å². The maximum atomic E-state index is 13.6. The number of nitrogens with one attached hydrogen (secondary N) is 1. The molecule has 3 aromatic rings. The molecule has 2 aliphatic heterocycles. The van der Waals surface area contributed by atoms with Gasteiger partial charge < -0.3 is 15.3 Å². The molecule has 2 unspecified atom stereocenters. The molecule has 2 fully saturated rings. The molecule has 7 heteroatoms. The maximum absolute atomic E-state index is 13.6. The molecule has 1 saturated carbocycles. The molecule has 2 aromatic heterocycles. The van der Waals surface area contributed by atoms with Crippen LogP contribution in [0.3, 0.4) is 0 Å². The lowest BCUT2D eigenvalue weighted by atomic mass is 9.93. The first-order valence-corrected chi connectivity index (χ1v) is 10.1. The Bertz CT molecular complexity index is 1140. The fraction of sp³-hybridized carbons (Fsp3) is 0.364. The number of piperidine rings is 1. The number of imidazole rings is 1. The third kappa shape index (κ3) is 2.50. The number of aliphatic hydroxyl groups is 1. The zero-order chi connectivity index (χ0) is 19.7. The maximum Gasteiger partial charge on any atom is 0.251 e. The molecule has 1 aliphatic carbocycles. The Morgan fingerprint density at radius 2 is 1.90 bits per heavy atom. The van der Waals surface area contributed by atoms with E-state index < -0.39 is 0 Å². The quantitative estimate of drug-likeness (QED) is 0.703. The summed E-state index contributed by atoms with van der Waals surface area (Å²) >= 11 is 0. The number of benzene rings is 1. The summed E-state index contributed by atoms with van der Waals surface area (Å²) in [5.41, 5.74) is 4.95. The highest BCUT2D eigenvalue weighted by atomic mass is 19.1. The molecular formula is C22H21FN4O2. The van der Waals surface area contributed by atoms with Crippen LogP contribution in [0.5, 0.6) is 0 Å². The summed E-state index contributed by atoms with van der Waals surface area (Å²) in [6.45, 7) is 2.08. The number of fused-ring (bicyclic) bond motifs is 4. The number of anilines is 1. The van der Waals surface area contributed by atoms with Crippen LogP contribution in [0, 0.1) is 17.7 Å². The van der Waals surface area contributed by atoms with Crippen molar-refractivity contribution in [3.8, 4) is 11.3 Å². The molecule has 2 atom stereocenters. The molecule has 4 heterocycles. The normalized spacial score (nSPS) is 25.5. The number of hydrogen-bond donors (Lipinski definition) is 2. The largest absolute Gasteiger partial charge is 0.392 e. The van der Waals surface area contributed by atoms with Gasteiger partial charge in [0.25, 0.3) is 5.91 Å². The van der Waals surface area contributed by atoms with Crippen LogP contribution in [-0.2, 0) is 6.54 Å². The van der Waals surface area contributed by atoms with Crippen LogP contribution < -0.4 is 10.2 Å². The van der Waals surface area contributed by atoms with Crippen molar-refractivity contribution in [2.75, 3.05) is 18.0 Å². The van der Waals surface area contributed by atoms with E-state index in [1.807, 2.05) is 10.5 Å². The smallest absolute Gasteiger partial charge is 0.251 e. The Kier molecular flexibility index (Phi) is 3.53. The van der Waals surface area contributed by atoms with E-state index in [-0.39, 0.29) is 29.7 Å². The lowest BCUT2D eigenvalue weighted by Crippen LogP contribution is -2.44. The van der Waals surface area contributed by atoms with Gasteiger partial charge in [-0.05, 0) is 36.6 Å². The standard InChI is InChI=1S/C22H21FN4O2/c23-14-3-4-27-19(9-24-20(27)5-14)16-6-15(7-17-18(16)8-25-22(17)29)26-10-12-1-2-13(11-26)21(12)28/h3-7,9,12-13,21,28H,1-2,8,10-11H2,(H,25,29). The lowest BCUT2D eigenvalue weighted by molar-refractivity contribution is 0.0792. The van der Waals surface area contributed by atoms with Gasteiger partial charge in [0.15, 0.2) is 0 Å². The average molecular weight is 392 g/mol. The molecule has 29 heavy (non-hydrogen) atoms. The number of aliphatic hydroxyl groups excluding tert-OH is 1. The second-order valence-electron chi connectivity index (χ2n) is 8.41. The van der Waals surface area contributed by atoms with E-state index in [1.54, 1.807) is 12.4 Å². The van der Waals surface area contributed by atoms with Crippen molar-refractivity contribution < 1.29 is 14.3 Å². The van der Waals surface area contributed by atoms with Gasteiger partial charge in [0, 0.05) is 60.5 Å². The Hall–Kier alpha value is -2.93. The van der Waals surface area contributed by atoms with Crippen LogP contribution in [0.25, 0.3) is 16.9 Å². The summed E-state index contributed by atoms with van der Waals surface area (Å²) in [4.78, 5) is 19.1. The SMILES string of the molecule is O=C1NCc2c1cc(N1CC3CCC(C1)C3O)cc2-c1cnc2cc(F)ccn12. The van der Waals surface area contributed by atoms with E-state index in [9.17, 15) is 14.3 Å². The summed E-state index contributed by atoms with van der Waals surface area (Å²) < 4.78 is 15.5. The van der Waals surface area contributed by atoms with E-state index in [0.717, 1.165) is 48.4 Å². The molecule has 3 aliphatic rings. The van der Waals surface area contributed by atoms with Gasteiger partial charge in [-0.3, -0.25) is 9.20 Å². The molecule has 0 spiro atoms. The summed E-state index contributed by atoms with van der Waals surface area (Å²) in [7, 11) is 0. The van der Waals surface area contributed by atoms with Gasteiger partial charge in [0.1, 0.15) is 11.5 Å². The molecule has 1 amide bonds. The monoisotopic (exact) mass is 392 g/mol. The third-order valence-corrected chi connectivity index (χ3v) is 6.81. The predicted octanol–water partition coefficient (Wildman–Crippen LogP) is 2.59. The minimum absolute atomic E-state index is 0.0667. The molecule has 6 rings (SSSR count). The molecule has 1 aromatic carbocycles. The van der Waals surface area contributed by atoms with E-state index >= 15 is 0 Å². The summed E-state index contributed by atoms with van der Waals surface area (Å²) in [6, 6.07) is 6.90. The number of carbonyl (C=O) groups is 1. The van der Waals surface area contributed by atoms with Crippen molar-refractivity contribution >= 4 is 17.2 Å². The van der Waals surface area contributed by atoms with Gasteiger partial charge in [0.05, 0.1) is 18.0 Å². The number of nitrogens with zero attached hydrogens (tertiary/aromatic N) is 3. The molecule has 2 N–H and O–H groups in total. The van der Waals surface area contributed by atoms with Gasteiger partial charge in [-0.1, -0.05) is 0 Å². The van der Waals surface area contributed by atoms with Crippen molar-refractivity contribution in [3.05, 3.63) is 53.6 Å². The Balaban J connectivity index is 1.50. The van der Waals surface area contributed by atoms with Gasteiger partial charge in [-0.25, -0.2) is 9.37 Å². The molecular weight excluding hydrogens is 371 g/mol. The molecule has 0 radical (unpaired) electrons. The first-order chi connectivity index (χ1) is 14.1. The van der Waals surface area contributed by atoms with Gasteiger partial charge in [-0.2, -0.15) is 0 Å². The molecule has 2 bridgehead atoms. The zero-order valence-corrected chi connectivity index (χ0v) is 15.8. The minimum atomic E-state index is -0.326. The van der Waals surface area contributed by atoms with E-state index in [1.165, 1.54) is 12.1 Å². The topological polar surface area (TPSA) is 69.9 Å². The van der Waals surface area contributed by atoms with Gasteiger partial charge >= 0.3 is 0 Å². The minimum Gasteiger partial charge on any atom is -0.392 e. The number of pyridine rings is 1. The van der Waals surface area contributed by atoms with Crippen molar-refractivity contribution in [1.82, 2.24) is 14.7 Å². The second kappa shape index (κ2) is 6.03. The number of carbonyl (C=O) groups excluding carboxylic acids is 1. The lowest BCUT2D eigenvalue weighted by Gasteiger charge is -2.37. The van der Waals surface area contributed by atoms with Crippen LogP contribution in [0.2, 0.25) is 0 Å². The van der Waals surface area contributed by atoms with Crippen LogP contribution >= 0.6 is 0 Å². The fourth-order valence-corrected chi connectivity index (χ4v) is 5.28. The first kappa shape index (κ1) is 17.0. The Labute approximate surface area is 167 Å². The number of hydrogen-bond acceptors (Lipinski definition) is 4. The highest BCUT2D eigenvalue weighted by molar-refractivity contribution is 6.01. The molecule has 6 nitrogen and oxygen atoms in total. The zero-order valence-electron chi connectivity index (χ0n) is 15.8. The van der Waals surface area contributed by atoms with Crippen molar-refractivity contribution in [2.24, 2.45) is 11.8 Å². The summed E-state index contributed by atoms with van der Waals surface area (Å²) in [6.07, 6.45) is 5.31. The number of amides is 1. The van der Waals surface area contributed by atoms with Crippen LogP contribution in [-0.4, -0.2) is 39.6 Å². The average Bonchev–Trinajstić information content (AvgIpc) is 3.34. The Morgan fingerprint density at radius 1 is 1.14 bits per heavy atom. The van der Waals surface area contributed by atoms with Crippen molar-refractivity contribution in [2.45, 2.75) is 25.5 Å². The van der Waals surface area contributed by atoms with E-state index in [0.29, 0.717) is 17.8 Å². The molecule has 148 valence electrons. The van der Waals surface area contributed by atoms with Crippen molar-refractivity contribution in [3.63, 3.8) is 0 Å². The Morgan fingerprint density at radius 3 is 2.69 bits per heavy atom. The highest BCUT2D eigenvalue weighted by Crippen LogP contribution is 2.41. The van der Waals surface area contributed by atoms with Gasteiger partial charge in [0.2, 0.25) is 0 Å². The predicted molar refractivity (Wildman–Crippen MR) is 106 cm³/mol. The number of rotatable bonds is 2. The van der Waals surface area contributed by atoms with E-state index in [4.69, 9.17) is 0 Å². The second-order valence-corrected chi connectivity index (χ2v) is 8.41. The van der Waals surface area contributed by atoms with Crippen LogP contribution in [0.15, 0.2) is 36.7 Å². The van der Waals surface area contributed by atoms with Crippen LogP contribution in [0.4, 0.5) is 10.1 Å². The first-order valence-electron chi connectivity index (χ1n) is 10.1. The molecule has 1 saturated heterocycles. The summed E-state index contributed by atoms with van der Waals surface area (Å²) in [5, 5.41) is 13.3. The van der Waals surface area contributed by atoms with Crippen LogP contribution in [0.1, 0.15) is 28.8 Å². The van der Waals surface area contributed by atoms with E-state index in [2.05, 4.69) is 21.3 Å². The number of aromatic nitrogens is 2.